The third-order valence-corrected chi connectivity index (χ3v) is 8.26. The molecule has 1 amide bonds. The first-order chi connectivity index (χ1) is 24.8. The number of nitrogens with one attached hydrogen (secondary N) is 2. The molecule has 0 saturated carbocycles. The molecule has 0 radical (unpaired) electrons. The predicted octanol–water partition coefficient (Wildman–Crippen LogP) is 7.33. The van der Waals surface area contributed by atoms with Gasteiger partial charge < -0.3 is 19.3 Å². The van der Waals surface area contributed by atoms with E-state index >= 15 is 0 Å². The molecule has 9 nitrogen and oxygen atoms in total. The first kappa shape index (κ1) is 38.0. The van der Waals surface area contributed by atoms with Crippen molar-refractivity contribution >= 4 is 17.8 Å². The summed E-state index contributed by atoms with van der Waals surface area (Å²) in [6.45, 7) is 5.60. The van der Waals surface area contributed by atoms with Crippen LogP contribution in [0.3, 0.4) is 0 Å². The molecule has 12 heteroatoms. The predicted molar refractivity (Wildman–Crippen MR) is 190 cm³/mol. The molecule has 274 valence electrons. The number of carbonyl (C=O) groups excluding carboxylic acids is 2. The molecular formula is C40H42F3N3O6. The zero-order valence-corrected chi connectivity index (χ0v) is 29.2. The van der Waals surface area contributed by atoms with E-state index in [0.29, 0.717) is 35.5 Å². The number of hydrogen-bond acceptors (Lipinski definition) is 8. The Morgan fingerprint density at radius 3 is 2.12 bits per heavy atom. The number of halogens is 3. The highest BCUT2D eigenvalue weighted by Crippen LogP contribution is 2.44. The number of nitrogens with zero attached hydrogens (tertiary/aromatic N) is 1. The highest BCUT2D eigenvalue weighted by atomic mass is 19.4. The van der Waals surface area contributed by atoms with Gasteiger partial charge in [0.2, 0.25) is 5.90 Å². The summed E-state index contributed by atoms with van der Waals surface area (Å²) in [5.41, 5.74) is 5.92. The van der Waals surface area contributed by atoms with Gasteiger partial charge in [-0.1, -0.05) is 66.7 Å². The lowest BCUT2D eigenvalue weighted by Gasteiger charge is -2.31. The van der Waals surface area contributed by atoms with Crippen LogP contribution in [0.5, 0.6) is 5.75 Å². The zero-order valence-electron chi connectivity index (χ0n) is 29.2. The lowest BCUT2D eigenvalue weighted by atomic mass is 9.83. The van der Waals surface area contributed by atoms with Gasteiger partial charge in [0.1, 0.15) is 11.4 Å². The van der Waals surface area contributed by atoms with Gasteiger partial charge in [-0.2, -0.15) is 13.2 Å². The topological polar surface area (TPSA) is 118 Å². The first-order valence-corrected chi connectivity index (χ1v) is 16.9. The van der Waals surface area contributed by atoms with Gasteiger partial charge in [0.25, 0.3) is 5.91 Å². The van der Waals surface area contributed by atoms with Gasteiger partial charge in [-0.15, -0.1) is 0 Å². The number of amides is 1. The van der Waals surface area contributed by atoms with E-state index in [1.54, 1.807) is 45.0 Å². The molecule has 0 aliphatic carbocycles. The fraction of sp³-hybridized carbons (Fsp3) is 0.325. The van der Waals surface area contributed by atoms with Crippen LogP contribution in [0.2, 0.25) is 0 Å². The number of carbonyl (C=O) groups is 2. The van der Waals surface area contributed by atoms with Gasteiger partial charge >= 0.3 is 12.1 Å². The summed E-state index contributed by atoms with van der Waals surface area (Å²) in [6.07, 6.45) is -5.24. The van der Waals surface area contributed by atoms with Crippen LogP contribution in [0, 0.1) is 0 Å². The van der Waals surface area contributed by atoms with Gasteiger partial charge in [-0.05, 0) is 85.8 Å². The van der Waals surface area contributed by atoms with Crippen LogP contribution in [-0.2, 0) is 31.8 Å². The molecule has 1 heterocycles. The molecule has 0 unspecified atom stereocenters. The maximum atomic E-state index is 14.4. The van der Waals surface area contributed by atoms with Crippen molar-refractivity contribution < 1.29 is 42.1 Å². The lowest BCUT2D eigenvalue weighted by molar-refractivity contribution is -0.155. The lowest BCUT2D eigenvalue weighted by Crippen LogP contribution is -2.52. The van der Waals surface area contributed by atoms with Crippen molar-refractivity contribution in [3.8, 4) is 16.9 Å². The summed E-state index contributed by atoms with van der Waals surface area (Å²) in [4.78, 5) is 32.3. The molecule has 0 fully saturated rings. The number of aliphatic hydroxyl groups is 1. The van der Waals surface area contributed by atoms with Crippen LogP contribution in [0.1, 0.15) is 68.4 Å². The Kier molecular flexibility index (Phi) is 12.0. The van der Waals surface area contributed by atoms with Crippen molar-refractivity contribution in [2.45, 2.75) is 70.0 Å². The van der Waals surface area contributed by atoms with Gasteiger partial charge in [0.15, 0.2) is 11.6 Å². The molecule has 1 aliphatic heterocycles. The zero-order chi connectivity index (χ0) is 37.4. The smallest absolute Gasteiger partial charge is 0.416 e. The van der Waals surface area contributed by atoms with E-state index in [-0.39, 0.29) is 31.9 Å². The maximum absolute atomic E-state index is 14.4. The van der Waals surface area contributed by atoms with Crippen molar-refractivity contribution in [3.05, 3.63) is 125 Å². The van der Waals surface area contributed by atoms with Crippen molar-refractivity contribution in [3.63, 3.8) is 0 Å². The molecule has 4 aromatic rings. The summed E-state index contributed by atoms with van der Waals surface area (Å²) in [5.74, 6) is -0.394. The van der Waals surface area contributed by atoms with E-state index in [9.17, 15) is 22.8 Å². The van der Waals surface area contributed by atoms with Crippen molar-refractivity contribution in [1.82, 2.24) is 10.9 Å². The van der Waals surface area contributed by atoms with Crippen molar-refractivity contribution in [1.29, 1.82) is 0 Å². The summed E-state index contributed by atoms with van der Waals surface area (Å²) < 4.78 is 57.0. The minimum Gasteiger partial charge on any atom is -0.494 e. The molecule has 0 spiro atoms. The second-order valence-corrected chi connectivity index (χ2v) is 13.4. The number of esters is 1. The Labute approximate surface area is 300 Å². The molecule has 0 saturated heterocycles. The molecule has 1 aliphatic rings. The Morgan fingerprint density at radius 2 is 1.50 bits per heavy atom. The number of alkyl halides is 3. The Hall–Kier alpha value is -5.20. The van der Waals surface area contributed by atoms with E-state index < -0.39 is 40.9 Å². The van der Waals surface area contributed by atoms with Crippen LogP contribution in [0.25, 0.3) is 11.1 Å². The number of benzene rings is 4. The minimum absolute atomic E-state index is 0.00306. The SMILES string of the molecule is CC(C)(C)OC(=O)CC[C@]1(C(=O)NNCc2ccc(C(F)(F)F)cc2)N=C(c2ccc(OCCCO)cc2)O[C@H]1c1ccc(-c2ccccc2)cc1. The average Bonchev–Trinajstić information content (AvgIpc) is 3.52. The number of ether oxygens (including phenoxy) is 3. The van der Waals surface area contributed by atoms with Crippen LogP contribution in [-0.4, -0.2) is 47.2 Å². The number of rotatable bonds is 14. The van der Waals surface area contributed by atoms with Gasteiger partial charge in [0, 0.05) is 31.6 Å². The van der Waals surface area contributed by atoms with E-state index in [1.165, 1.54) is 12.1 Å². The summed E-state index contributed by atoms with van der Waals surface area (Å²) >= 11 is 0. The third-order valence-electron chi connectivity index (χ3n) is 8.26. The third kappa shape index (κ3) is 9.77. The van der Waals surface area contributed by atoms with E-state index in [4.69, 9.17) is 24.3 Å². The number of aliphatic hydroxyl groups excluding tert-OH is 1. The van der Waals surface area contributed by atoms with Gasteiger partial charge in [0.05, 0.1) is 12.2 Å². The molecule has 4 aromatic carbocycles. The summed E-state index contributed by atoms with van der Waals surface area (Å²) in [6, 6.07) is 28.9. The number of hydrazine groups is 1. The summed E-state index contributed by atoms with van der Waals surface area (Å²) in [7, 11) is 0. The van der Waals surface area contributed by atoms with E-state index in [0.717, 1.165) is 23.3 Å². The molecule has 3 N–H and O–H groups in total. The molecular weight excluding hydrogens is 675 g/mol. The van der Waals surface area contributed by atoms with Crippen LogP contribution < -0.4 is 15.6 Å². The highest BCUT2D eigenvalue weighted by Gasteiger charge is 2.53. The highest BCUT2D eigenvalue weighted by molar-refractivity contribution is 6.01. The fourth-order valence-electron chi connectivity index (χ4n) is 5.68. The largest absolute Gasteiger partial charge is 0.494 e. The monoisotopic (exact) mass is 717 g/mol. The Morgan fingerprint density at radius 1 is 0.865 bits per heavy atom. The molecule has 52 heavy (non-hydrogen) atoms. The number of aliphatic imine (C=N–C) groups is 1. The normalized spacial score (nSPS) is 17.2. The molecule has 0 aromatic heterocycles. The van der Waals surface area contributed by atoms with Crippen LogP contribution in [0.4, 0.5) is 13.2 Å². The second-order valence-electron chi connectivity index (χ2n) is 13.4. The molecule has 5 rings (SSSR count). The number of hydrogen-bond donors (Lipinski definition) is 3. The van der Waals surface area contributed by atoms with Crippen LogP contribution in [0.15, 0.2) is 108 Å². The maximum Gasteiger partial charge on any atom is 0.416 e. The standard InChI is InChI=1S/C40H42F3N3O6/c1-38(2,3)52-34(48)22-23-39(37(49)46-44-26-27-10-18-32(19-11-27)40(41,42)43)35(30-14-12-29(13-15-30)28-8-5-4-6-9-28)51-36(45-39)31-16-20-33(21-17-31)50-25-7-24-47/h4-6,8-21,35,44,47H,7,22-26H2,1-3H3,(H,46,49)/t35-,39-/m0/s1. The molecule has 0 bridgehead atoms. The van der Waals surface area contributed by atoms with Crippen molar-refractivity contribution in [2.24, 2.45) is 4.99 Å². The van der Waals surface area contributed by atoms with Gasteiger partial charge in [-0.25, -0.2) is 10.4 Å². The Bertz CT molecular complexity index is 1820. The first-order valence-electron chi connectivity index (χ1n) is 16.9. The minimum atomic E-state index is -4.47. The molecule has 2 atom stereocenters. The quantitative estimate of drug-likeness (QED) is 0.0710. The van der Waals surface area contributed by atoms with E-state index in [1.807, 2.05) is 54.6 Å². The second kappa shape index (κ2) is 16.4. The van der Waals surface area contributed by atoms with E-state index in [2.05, 4.69) is 10.9 Å². The summed E-state index contributed by atoms with van der Waals surface area (Å²) in [5, 5.41) is 9.08. The van der Waals surface area contributed by atoms with Crippen LogP contribution >= 0.6 is 0 Å². The fourth-order valence-corrected chi connectivity index (χ4v) is 5.68. The van der Waals surface area contributed by atoms with Crippen molar-refractivity contribution in [2.75, 3.05) is 13.2 Å². The van der Waals surface area contributed by atoms with Gasteiger partial charge in [-0.3, -0.25) is 15.0 Å². The Balaban J connectivity index is 1.48. The average molecular weight is 718 g/mol.